The Bertz CT molecular complexity index is 975. The summed E-state index contributed by atoms with van der Waals surface area (Å²) in [5, 5.41) is 6.25. The Hall–Kier alpha value is -3.67. The number of nitrogens with one attached hydrogen (secondary N) is 2. The van der Waals surface area contributed by atoms with Crippen LogP contribution < -0.4 is 24.8 Å². The molecule has 4 rings (SSSR count). The maximum absolute atomic E-state index is 13.1. The van der Waals surface area contributed by atoms with Gasteiger partial charge in [-0.1, -0.05) is 36.4 Å². The van der Waals surface area contributed by atoms with Gasteiger partial charge in [-0.25, -0.2) is 0 Å². The minimum atomic E-state index is -0.590. The summed E-state index contributed by atoms with van der Waals surface area (Å²) < 4.78 is 16.0. The maximum Gasteiger partial charge on any atom is 0.251 e. The van der Waals surface area contributed by atoms with Crippen molar-refractivity contribution in [1.29, 1.82) is 0 Å². The molecule has 28 heavy (non-hydrogen) atoms. The number of carbonyl (C=O) groups is 1. The SMILES string of the molecule is COc1cccc(NC(=O)[C@@H](Nc2ccc3c(c2)OCO3)c2ccccc2)c1. The van der Waals surface area contributed by atoms with E-state index in [2.05, 4.69) is 10.6 Å². The Morgan fingerprint density at radius 3 is 2.57 bits per heavy atom. The Morgan fingerprint density at radius 1 is 0.929 bits per heavy atom. The number of fused-ring (bicyclic) bond motifs is 1. The summed E-state index contributed by atoms with van der Waals surface area (Å²) in [6, 6.07) is 21.7. The van der Waals surface area contributed by atoms with Gasteiger partial charge in [-0.05, 0) is 29.8 Å². The average Bonchev–Trinajstić information content (AvgIpc) is 3.20. The van der Waals surface area contributed by atoms with Crippen LogP contribution in [0.1, 0.15) is 11.6 Å². The normalized spacial score (nSPS) is 12.9. The molecule has 0 bridgehead atoms. The second-order valence-corrected chi connectivity index (χ2v) is 6.28. The topological polar surface area (TPSA) is 68.8 Å². The smallest absolute Gasteiger partial charge is 0.251 e. The Kier molecular flexibility index (Phi) is 5.01. The van der Waals surface area contributed by atoms with Crippen molar-refractivity contribution in [2.75, 3.05) is 24.5 Å². The van der Waals surface area contributed by atoms with Crippen LogP contribution in [0.15, 0.2) is 72.8 Å². The van der Waals surface area contributed by atoms with E-state index in [1.54, 1.807) is 13.2 Å². The molecule has 0 aliphatic carbocycles. The van der Waals surface area contributed by atoms with Crippen LogP contribution in [0.4, 0.5) is 11.4 Å². The number of methoxy groups -OCH3 is 1. The lowest BCUT2D eigenvalue weighted by molar-refractivity contribution is -0.117. The van der Waals surface area contributed by atoms with Crippen molar-refractivity contribution >= 4 is 17.3 Å². The van der Waals surface area contributed by atoms with Gasteiger partial charge in [-0.3, -0.25) is 4.79 Å². The van der Waals surface area contributed by atoms with Gasteiger partial charge in [0.1, 0.15) is 11.8 Å². The number of carbonyl (C=O) groups excluding carboxylic acids is 1. The zero-order valence-electron chi connectivity index (χ0n) is 15.3. The predicted molar refractivity (Wildman–Crippen MR) is 107 cm³/mol. The molecule has 0 spiro atoms. The average molecular weight is 376 g/mol. The molecule has 0 radical (unpaired) electrons. The van der Waals surface area contributed by atoms with E-state index in [0.29, 0.717) is 22.9 Å². The largest absolute Gasteiger partial charge is 0.497 e. The molecule has 0 saturated carbocycles. The molecule has 0 unspecified atom stereocenters. The van der Waals surface area contributed by atoms with Gasteiger partial charge in [0, 0.05) is 23.5 Å². The minimum absolute atomic E-state index is 0.183. The number of hydrogen-bond acceptors (Lipinski definition) is 5. The summed E-state index contributed by atoms with van der Waals surface area (Å²) in [5.74, 6) is 1.85. The van der Waals surface area contributed by atoms with Gasteiger partial charge >= 0.3 is 0 Å². The first-order valence-corrected chi connectivity index (χ1v) is 8.89. The van der Waals surface area contributed by atoms with Crippen molar-refractivity contribution in [3.63, 3.8) is 0 Å². The lowest BCUT2D eigenvalue weighted by Gasteiger charge is -2.20. The standard InChI is InChI=1S/C22H20N2O4/c1-26-18-9-5-8-16(12-18)24-22(25)21(15-6-3-2-4-7-15)23-17-10-11-19-20(13-17)28-14-27-19/h2-13,21,23H,14H2,1H3,(H,24,25)/t21-/m0/s1. The fourth-order valence-electron chi connectivity index (χ4n) is 3.01. The van der Waals surface area contributed by atoms with Gasteiger partial charge in [0.15, 0.2) is 11.5 Å². The third-order valence-corrected chi connectivity index (χ3v) is 4.42. The quantitative estimate of drug-likeness (QED) is 0.674. The van der Waals surface area contributed by atoms with Crippen LogP contribution in [-0.2, 0) is 4.79 Å². The van der Waals surface area contributed by atoms with E-state index >= 15 is 0 Å². The van der Waals surface area contributed by atoms with Crippen molar-refractivity contribution in [3.05, 3.63) is 78.4 Å². The molecule has 0 fully saturated rings. The van der Waals surface area contributed by atoms with E-state index in [1.807, 2.05) is 66.7 Å². The zero-order chi connectivity index (χ0) is 19.3. The van der Waals surface area contributed by atoms with Gasteiger partial charge in [-0.15, -0.1) is 0 Å². The van der Waals surface area contributed by atoms with E-state index in [0.717, 1.165) is 11.3 Å². The van der Waals surface area contributed by atoms with Crippen LogP contribution in [-0.4, -0.2) is 19.8 Å². The summed E-state index contributed by atoms with van der Waals surface area (Å²) in [5.41, 5.74) is 2.28. The van der Waals surface area contributed by atoms with Crippen LogP contribution in [0.2, 0.25) is 0 Å². The van der Waals surface area contributed by atoms with Crippen LogP contribution in [0.3, 0.4) is 0 Å². The first-order chi connectivity index (χ1) is 13.7. The highest BCUT2D eigenvalue weighted by molar-refractivity contribution is 5.97. The minimum Gasteiger partial charge on any atom is -0.497 e. The van der Waals surface area contributed by atoms with Gasteiger partial charge in [0.05, 0.1) is 7.11 Å². The monoisotopic (exact) mass is 376 g/mol. The number of ether oxygens (including phenoxy) is 3. The van der Waals surface area contributed by atoms with Crippen LogP contribution in [0, 0.1) is 0 Å². The van der Waals surface area contributed by atoms with E-state index in [1.165, 1.54) is 0 Å². The summed E-state index contributed by atoms with van der Waals surface area (Å²) >= 11 is 0. The van der Waals surface area contributed by atoms with Crippen molar-refractivity contribution in [1.82, 2.24) is 0 Å². The third kappa shape index (κ3) is 3.86. The molecule has 1 amide bonds. The molecule has 3 aromatic carbocycles. The lowest BCUT2D eigenvalue weighted by atomic mass is 10.1. The summed E-state index contributed by atoms with van der Waals surface area (Å²) in [6.07, 6.45) is 0. The Labute approximate surface area is 163 Å². The summed E-state index contributed by atoms with van der Waals surface area (Å²) in [4.78, 5) is 13.1. The van der Waals surface area contributed by atoms with Crippen LogP contribution >= 0.6 is 0 Å². The molecule has 3 aromatic rings. The molecule has 142 valence electrons. The van der Waals surface area contributed by atoms with Crippen LogP contribution in [0.5, 0.6) is 17.2 Å². The molecule has 1 aliphatic rings. The zero-order valence-corrected chi connectivity index (χ0v) is 15.3. The van der Waals surface area contributed by atoms with Gasteiger partial charge in [0.25, 0.3) is 5.91 Å². The molecular weight excluding hydrogens is 356 g/mol. The number of hydrogen-bond donors (Lipinski definition) is 2. The maximum atomic E-state index is 13.1. The molecule has 0 aromatic heterocycles. The molecular formula is C22H20N2O4. The predicted octanol–water partition coefficient (Wildman–Crippen LogP) is 4.22. The van der Waals surface area contributed by atoms with E-state index in [4.69, 9.17) is 14.2 Å². The van der Waals surface area contributed by atoms with Crippen LogP contribution in [0.25, 0.3) is 0 Å². The molecule has 0 saturated heterocycles. The number of anilines is 2. The third-order valence-electron chi connectivity index (χ3n) is 4.42. The fraction of sp³-hybridized carbons (Fsp3) is 0.136. The van der Waals surface area contributed by atoms with Gasteiger partial charge in [-0.2, -0.15) is 0 Å². The molecule has 2 N–H and O–H groups in total. The molecule has 1 heterocycles. The Morgan fingerprint density at radius 2 is 1.75 bits per heavy atom. The first kappa shape index (κ1) is 17.7. The Balaban J connectivity index is 1.59. The number of rotatable bonds is 6. The van der Waals surface area contributed by atoms with E-state index in [9.17, 15) is 4.79 Å². The highest BCUT2D eigenvalue weighted by Gasteiger charge is 2.22. The molecule has 1 atom stereocenters. The fourth-order valence-corrected chi connectivity index (χ4v) is 3.01. The summed E-state index contributed by atoms with van der Waals surface area (Å²) in [6.45, 7) is 0.206. The molecule has 6 nitrogen and oxygen atoms in total. The second kappa shape index (κ2) is 7.92. The molecule has 6 heteroatoms. The van der Waals surface area contributed by atoms with Gasteiger partial charge < -0.3 is 24.8 Å². The van der Waals surface area contributed by atoms with E-state index in [-0.39, 0.29) is 12.7 Å². The van der Waals surface area contributed by atoms with Crippen molar-refractivity contribution in [2.45, 2.75) is 6.04 Å². The number of benzene rings is 3. The first-order valence-electron chi connectivity index (χ1n) is 8.89. The lowest BCUT2D eigenvalue weighted by Crippen LogP contribution is -2.27. The molecule has 1 aliphatic heterocycles. The van der Waals surface area contributed by atoms with Crippen molar-refractivity contribution in [3.8, 4) is 17.2 Å². The van der Waals surface area contributed by atoms with Crippen molar-refractivity contribution < 1.29 is 19.0 Å². The highest BCUT2D eigenvalue weighted by atomic mass is 16.7. The second-order valence-electron chi connectivity index (χ2n) is 6.28. The van der Waals surface area contributed by atoms with E-state index < -0.39 is 6.04 Å². The number of amides is 1. The van der Waals surface area contributed by atoms with Crippen molar-refractivity contribution in [2.24, 2.45) is 0 Å². The summed E-state index contributed by atoms with van der Waals surface area (Å²) in [7, 11) is 1.59. The highest BCUT2D eigenvalue weighted by Crippen LogP contribution is 2.35. The van der Waals surface area contributed by atoms with Gasteiger partial charge in [0.2, 0.25) is 6.79 Å².